The fraction of sp³-hybridized carbons (Fsp3) is 0.632. The van der Waals surface area contributed by atoms with Crippen molar-refractivity contribution in [3.8, 4) is 0 Å². The van der Waals surface area contributed by atoms with Gasteiger partial charge in [-0.15, -0.1) is 5.10 Å². The first-order valence-electron chi connectivity index (χ1n) is 9.85. The van der Waals surface area contributed by atoms with E-state index in [0.717, 1.165) is 39.1 Å². The minimum absolute atomic E-state index is 0.0295. The predicted octanol–water partition coefficient (Wildman–Crippen LogP) is 1.90. The van der Waals surface area contributed by atoms with Crippen molar-refractivity contribution in [1.82, 2.24) is 30.0 Å². The summed E-state index contributed by atoms with van der Waals surface area (Å²) in [6.07, 6.45) is 5.00. The van der Waals surface area contributed by atoms with Gasteiger partial charge >= 0.3 is 0 Å². The molecule has 144 valence electrons. The van der Waals surface area contributed by atoms with Crippen molar-refractivity contribution < 1.29 is 8.78 Å². The van der Waals surface area contributed by atoms with Crippen LogP contribution < -0.4 is 0 Å². The molecule has 2 bridgehead atoms. The fourth-order valence-electron chi connectivity index (χ4n) is 5.59. The van der Waals surface area contributed by atoms with Crippen molar-refractivity contribution in [3.05, 3.63) is 41.7 Å². The Morgan fingerprint density at radius 2 is 1.93 bits per heavy atom. The van der Waals surface area contributed by atoms with E-state index in [-0.39, 0.29) is 5.92 Å². The van der Waals surface area contributed by atoms with Crippen LogP contribution in [0.4, 0.5) is 8.78 Å². The molecule has 0 spiro atoms. The molecule has 0 amide bonds. The van der Waals surface area contributed by atoms with Gasteiger partial charge in [0.05, 0.1) is 0 Å². The van der Waals surface area contributed by atoms with Gasteiger partial charge in [-0.1, -0.05) is 12.1 Å². The quantitative estimate of drug-likeness (QED) is 0.800. The number of benzene rings is 1. The molecule has 6 nitrogen and oxygen atoms in total. The number of fused-ring (bicyclic) bond motifs is 2. The van der Waals surface area contributed by atoms with E-state index in [1.807, 2.05) is 0 Å². The molecule has 0 unspecified atom stereocenters. The molecule has 1 aromatic heterocycles. The van der Waals surface area contributed by atoms with Crippen molar-refractivity contribution in [1.29, 1.82) is 0 Å². The maximum Gasteiger partial charge on any atom is 0.162 e. The van der Waals surface area contributed by atoms with Crippen molar-refractivity contribution in [2.45, 2.75) is 43.8 Å². The number of hydrogen-bond acceptors (Lipinski definition) is 5. The Balaban J connectivity index is 1.39. The zero-order chi connectivity index (χ0) is 18.4. The van der Waals surface area contributed by atoms with E-state index in [1.54, 1.807) is 23.1 Å². The monoisotopic (exact) mass is 374 g/mol. The smallest absolute Gasteiger partial charge is 0.162 e. The van der Waals surface area contributed by atoms with Crippen LogP contribution >= 0.6 is 0 Å². The molecule has 6 rings (SSSR count). The number of aromatic nitrogens is 4. The highest BCUT2D eigenvalue weighted by atomic mass is 19.2. The largest absolute Gasteiger partial charge is 0.298 e. The lowest BCUT2D eigenvalue weighted by Gasteiger charge is -2.51. The van der Waals surface area contributed by atoms with E-state index >= 15 is 0 Å². The molecule has 8 heteroatoms. The zero-order valence-electron chi connectivity index (χ0n) is 15.2. The molecular weight excluding hydrogens is 350 g/mol. The molecule has 0 radical (unpaired) electrons. The highest BCUT2D eigenvalue weighted by Crippen LogP contribution is 2.47. The third-order valence-corrected chi connectivity index (χ3v) is 6.70. The highest BCUT2D eigenvalue weighted by Gasteiger charge is 2.53. The second kappa shape index (κ2) is 6.91. The molecule has 0 aliphatic carbocycles. The summed E-state index contributed by atoms with van der Waals surface area (Å²) in [6, 6.07) is 5.35. The minimum Gasteiger partial charge on any atom is -0.298 e. The summed E-state index contributed by atoms with van der Waals surface area (Å²) < 4.78 is 30.2. The molecule has 4 saturated heterocycles. The Hall–Kier alpha value is -1.93. The van der Waals surface area contributed by atoms with Gasteiger partial charge in [0.25, 0.3) is 0 Å². The Bertz CT molecular complexity index is 790. The van der Waals surface area contributed by atoms with Gasteiger partial charge in [-0.2, -0.15) is 0 Å². The third-order valence-electron chi connectivity index (χ3n) is 6.70. The molecule has 5 heterocycles. The summed E-state index contributed by atoms with van der Waals surface area (Å²) in [5.74, 6) is -0.715. The molecule has 2 aromatic rings. The summed E-state index contributed by atoms with van der Waals surface area (Å²) >= 11 is 0. The third kappa shape index (κ3) is 2.95. The zero-order valence-corrected chi connectivity index (χ0v) is 15.2. The van der Waals surface area contributed by atoms with Gasteiger partial charge in [-0.3, -0.25) is 9.80 Å². The van der Waals surface area contributed by atoms with Crippen LogP contribution in [0.3, 0.4) is 0 Å². The number of halogens is 2. The molecule has 3 atom stereocenters. The molecule has 4 aliphatic rings. The van der Waals surface area contributed by atoms with Gasteiger partial charge in [0.2, 0.25) is 0 Å². The first kappa shape index (κ1) is 17.2. The van der Waals surface area contributed by atoms with E-state index in [4.69, 9.17) is 0 Å². The second-order valence-electron chi connectivity index (χ2n) is 8.03. The van der Waals surface area contributed by atoms with E-state index in [2.05, 4.69) is 25.3 Å². The van der Waals surface area contributed by atoms with Crippen molar-refractivity contribution in [3.63, 3.8) is 0 Å². The Labute approximate surface area is 157 Å². The Kier molecular flexibility index (Phi) is 4.40. The summed E-state index contributed by atoms with van der Waals surface area (Å²) in [4.78, 5) is 5.03. The summed E-state index contributed by atoms with van der Waals surface area (Å²) in [5.41, 5.74) is 0.542. The van der Waals surface area contributed by atoms with Crippen LogP contribution in [0.25, 0.3) is 0 Å². The van der Waals surface area contributed by atoms with E-state index < -0.39 is 11.6 Å². The first-order valence-corrected chi connectivity index (χ1v) is 9.85. The van der Waals surface area contributed by atoms with Gasteiger partial charge in [0.15, 0.2) is 11.6 Å². The van der Waals surface area contributed by atoms with Gasteiger partial charge in [0.1, 0.15) is 6.33 Å². The summed E-state index contributed by atoms with van der Waals surface area (Å²) in [5, 5.41) is 11.3. The van der Waals surface area contributed by atoms with Crippen LogP contribution in [0.5, 0.6) is 0 Å². The minimum atomic E-state index is -0.739. The van der Waals surface area contributed by atoms with Crippen LogP contribution in [-0.2, 0) is 6.54 Å². The average Bonchev–Trinajstić information content (AvgIpc) is 3.34. The number of likely N-dealkylation sites (tertiary alicyclic amines) is 1. The van der Waals surface area contributed by atoms with Crippen LogP contribution in [0.1, 0.15) is 30.7 Å². The topological polar surface area (TPSA) is 50.1 Å². The molecule has 0 saturated carbocycles. The lowest BCUT2D eigenvalue weighted by atomic mass is 9.75. The number of aryl methyl sites for hydroxylation is 1. The molecule has 1 aromatic carbocycles. The van der Waals surface area contributed by atoms with Crippen LogP contribution in [0.2, 0.25) is 0 Å². The molecule has 27 heavy (non-hydrogen) atoms. The van der Waals surface area contributed by atoms with Crippen molar-refractivity contribution in [2.24, 2.45) is 5.92 Å². The van der Waals surface area contributed by atoms with Gasteiger partial charge in [-0.25, -0.2) is 13.5 Å². The van der Waals surface area contributed by atoms with Crippen molar-refractivity contribution >= 4 is 0 Å². The SMILES string of the molecule is Fc1cccc([C@H]2CN(CCCn3cnnn3)[C@@H]3C4CCN(CC4)[C@H]23)c1F. The molecule has 0 N–H and O–H groups in total. The van der Waals surface area contributed by atoms with Crippen molar-refractivity contribution in [2.75, 3.05) is 26.2 Å². The molecule has 4 fully saturated rings. The Morgan fingerprint density at radius 3 is 2.70 bits per heavy atom. The van der Waals surface area contributed by atoms with E-state index in [0.29, 0.717) is 23.6 Å². The number of rotatable bonds is 5. The summed E-state index contributed by atoms with van der Waals surface area (Å²) in [7, 11) is 0. The number of tetrazole rings is 1. The number of nitrogens with zero attached hydrogens (tertiary/aromatic N) is 6. The predicted molar refractivity (Wildman–Crippen MR) is 95.0 cm³/mol. The second-order valence-corrected chi connectivity index (χ2v) is 8.03. The highest BCUT2D eigenvalue weighted by molar-refractivity contribution is 5.29. The maximum atomic E-state index is 14.6. The first-order chi connectivity index (χ1) is 13.2. The number of hydrogen-bond donors (Lipinski definition) is 0. The average molecular weight is 374 g/mol. The van der Waals surface area contributed by atoms with E-state index in [9.17, 15) is 8.78 Å². The van der Waals surface area contributed by atoms with Crippen LogP contribution in [-0.4, -0.2) is 68.3 Å². The van der Waals surface area contributed by atoms with Crippen LogP contribution in [0.15, 0.2) is 24.5 Å². The lowest BCUT2D eigenvalue weighted by molar-refractivity contribution is -0.00718. The Morgan fingerprint density at radius 1 is 1.07 bits per heavy atom. The maximum absolute atomic E-state index is 14.6. The van der Waals surface area contributed by atoms with Gasteiger partial charge < -0.3 is 0 Å². The van der Waals surface area contributed by atoms with E-state index in [1.165, 1.54) is 18.9 Å². The summed E-state index contributed by atoms with van der Waals surface area (Å²) in [6.45, 7) is 4.65. The number of piperidine rings is 3. The standard InChI is InChI=1S/C19H24F2N6/c20-16-4-1-3-14(17(16)21)15-11-26(7-2-8-27-12-22-23-24-27)18-13-5-9-25(10-6-13)19(15)18/h1,3-4,12-13,15,18-19H,2,5-11H2/t15-,18-,19-/m1/s1. The molecule has 4 aliphatic heterocycles. The van der Waals surface area contributed by atoms with Crippen LogP contribution in [0, 0.1) is 17.6 Å². The molecular formula is C19H24F2N6. The van der Waals surface area contributed by atoms with Gasteiger partial charge in [-0.05, 0) is 60.3 Å². The lowest BCUT2D eigenvalue weighted by Crippen LogP contribution is -2.60. The fourth-order valence-corrected chi connectivity index (χ4v) is 5.59. The normalized spacial score (nSPS) is 32.7. The van der Waals surface area contributed by atoms with Gasteiger partial charge in [0, 0.05) is 37.6 Å².